The average Bonchev–Trinajstić information content (AvgIpc) is 2.68. The lowest BCUT2D eigenvalue weighted by atomic mass is 9.64. The second kappa shape index (κ2) is 7.62. The summed E-state index contributed by atoms with van der Waals surface area (Å²) in [6, 6.07) is 7.21. The average molecular weight is 383 g/mol. The highest BCUT2D eigenvalue weighted by atomic mass is 19.1. The van der Waals surface area contributed by atoms with Crippen molar-refractivity contribution in [1.29, 1.82) is 5.26 Å². The molecule has 0 N–H and O–H groups in total. The first kappa shape index (κ1) is 19.1. The van der Waals surface area contributed by atoms with E-state index in [4.69, 9.17) is 5.26 Å². The summed E-state index contributed by atoms with van der Waals surface area (Å²) in [5, 5.41) is 8.83. The van der Waals surface area contributed by atoms with Crippen molar-refractivity contribution in [2.45, 2.75) is 57.8 Å². The van der Waals surface area contributed by atoms with Gasteiger partial charge in [-0.3, -0.25) is 0 Å². The van der Waals surface area contributed by atoms with Gasteiger partial charge in [0.1, 0.15) is 29.1 Å². The lowest BCUT2D eigenvalue weighted by Crippen LogP contribution is -2.28. The minimum absolute atomic E-state index is 0.142. The van der Waals surface area contributed by atoms with Crippen LogP contribution in [-0.2, 0) is 6.42 Å². The smallest absolute Gasteiger partial charge is 0.144 e. The van der Waals surface area contributed by atoms with Crippen LogP contribution in [0.3, 0.4) is 0 Å². The zero-order chi connectivity index (χ0) is 19.8. The Hall–Kier alpha value is -2.28. The summed E-state index contributed by atoms with van der Waals surface area (Å²) in [4.78, 5) is 0. The highest BCUT2D eigenvalue weighted by Crippen LogP contribution is 2.49. The van der Waals surface area contributed by atoms with Gasteiger partial charge in [0.2, 0.25) is 0 Å². The van der Waals surface area contributed by atoms with Gasteiger partial charge >= 0.3 is 0 Å². The van der Waals surface area contributed by atoms with E-state index in [9.17, 15) is 8.78 Å². The van der Waals surface area contributed by atoms with Crippen LogP contribution in [0.4, 0.5) is 13.2 Å². The van der Waals surface area contributed by atoms with Crippen LogP contribution in [0.25, 0.3) is 11.1 Å². The summed E-state index contributed by atoms with van der Waals surface area (Å²) >= 11 is 0. The van der Waals surface area contributed by atoms with E-state index < -0.39 is 17.2 Å². The van der Waals surface area contributed by atoms with Crippen molar-refractivity contribution in [3.63, 3.8) is 0 Å². The Kier molecular flexibility index (Phi) is 5.19. The molecule has 0 heterocycles. The third-order valence-electron chi connectivity index (χ3n) is 6.70. The van der Waals surface area contributed by atoms with Gasteiger partial charge in [-0.1, -0.05) is 31.9 Å². The van der Waals surface area contributed by atoms with Crippen LogP contribution in [-0.4, -0.2) is 0 Å². The number of halogens is 3. The van der Waals surface area contributed by atoms with Crippen LogP contribution in [0.5, 0.6) is 0 Å². The SMILES string of the molecule is CCCC1CCC2c3ccc(-c4cc(F)c(C#N)c(F)c4)c(F)c3CCC2C1. The molecule has 2 aromatic carbocycles. The molecule has 0 aromatic heterocycles. The standard InChI is InChI=1S/C24H24F3N/c1-2-3-14-4-6-17-15(10-14)5-7-20-19(17)9-8-18(24(20)27)16-11-22(25)21(13-28)23(26)12-16/h8-9,11-12,14-15,17H,2-7,10H2,1H3. The first-order chi connectivity index (χ1) is 13.5. The van der Waals surface area contributed by atoms with Gasteiger partial charge in [-0.25, -0.2) is 13.2 Å². The van der Waals surface area contributed by atoms with Gasteiger partial charge in [0.05, 0.1) is 0 Å². The zero-order valence-corrected chi connectivity index (χ0v) is 16.1. The minimum atomic E-state index is -0.955. The molecule has 0 bridgehead atoms. The quantitative estimate of drug-likeness (QED) is 0.566. The molecular formula is C24H24F3N. The van der Waals surface area contributed by atoms with Gasteiger partial charge in [0.15, 0.2) is 0 Å². The lowest BCUT2D eigenvalue weighted by molar-refractivity contribution is 0.200. The van der Waals surface area contributed by atoms with Crippen LogP contribution < -0.4 is 0 Å². The number of nitrogens with zero attached hydrogens (tertiary/aromatic N) is 1. The molecule has 2 aliphatic rings. The molecule has 1 nitrogen and oxygen atoms in total. The fourth-order valence-electron chi connectivity index (χ4n) is 5.39. The van der Waals surface area contributed by atoms with Gasteiger partial charge in [0.25, 0.3) is 0 Å². The third-order valence-corrected chi connectivity index (χ3v) is 6.70. The Bertz CT molecular complexity index is 921. The minimum Gasteiger partial charge on any atom is -0.206 e. The van der Waals surface area contributed by atoms with Gasteiger partial charge in [-0.15, -0.1) is 0 Å². The molecule has 3 atom stereocenters. The van der Waals surface area contributed by atoms with Crippen molar-refractivity contribution >= 4 is 0 Å². The van der Waals surface area contributed by atoms with E-state index in [-0.39, 0.29) is 16.9 Å². The largest absolute Gasteiger partial charge is 0.206 e. The molecule has 1 fully saturated rings. The summed E-state index contributed by atoms with van der Waals surface area (Å²) < 4.78 is 43.3. The maximum absolute atomic E-state index is 15.3. The van der Waals surface area contributed by atoms with E-state index in [1.54, 1.807) is 6.07 Å². The highest BCUT2D eigenvalue weighted by Gasteiger charge is 2.36. The number of nitriles is 1. The summed E-state index contributed by atoms with van der Waals surface area (Å²) in [6.07, 6.45) is 7.68. The molecule has 0 amide bonds. The summed E-state index contributed by atoms with van der Waals surface area (Å²) in [5.74, 6) is -0.466. The molecular weight excluding hydrogens is 359 g/mol. The van der Waals surface area contributed by atoms with Crippen LogP contribution in [0.15, 0.2) is 24.3 Å². The van der Waals surface area contributed by atoms with Crippen molar-refractivity contribution in [3.05, 3.63) is 58.4 Å². The van der Waals surface area contributed by atoms with E-state index >= 15 is 4.39 Å². The van der Waals surface area contributed by atoms with Crippen LogP contribution >= 0.6 is 0 Å². The molecule has 28 heavy (non-hydrogen) atoms. The van der Waals surface area contributed by atoms with Gasteiger partial charge in [-0.05, 0) is 78.7 Å². The summed E-state index contributed by atoms with van der Waals surface area (Å²) in [7, 11) is 0. The van der Waals surface area contributed by atoms with Crippen LogP contribution in [0.1, 0.15) is 68.1 Å². The number of rotatable bonds is 3. The van der Waals surface area contributed by atoms with Gasteiger partial charge in [-0.2, -0.15) is 5.26 Å². The predicted octanol–water partition coefficient (Wildman–Crippen LogP) is 6.89. The molecule has 2 aromatic rings. The molecule has 3 unspecified atom stereocenters. The second-order valence-electron chi connectivity index (χ2n) is 8.29. The molecule has 0 spiro atoms. The molecule has 146 valence electrons. The predicted molar refractivity (Wildman–Crippen MR) is 103 cm³/mol. The third kappa shape index (κ3) is 3.21. The van der Waals surface area contributed by atoms with Crippen molar-refractivity contribution in [2.75, 3.05) is 0 Å². The molecule has 1 saturated carbocycles. The first-order valence-electron chi connectivity index (χ1n) is 10.2. The Labute approximate surface area is 164 Å². The van der Waals surface area contributed by atoms with E-state index in [1.165, 1.54) is 31.8 Å². The fourth-order valence-corrected chi connectivity index (χ4v) is 5.39. The number of hydrogen-bond donors (Lipinski definition) is 0. The highest BCUT2D eigenvalue weighted by molar-refractivity contribution is 5.67. The number of fused-ring (bicyclic) bond motifs is 3. The van der Waals surface area contributed by atoms with Gasteiger partial charge < -0.3 is 0 Å². The Morgan fingerprint density at radius 2 is 1.82 bits per heavy atom. The molecule has 4 heteroatoms. The monoisotopic (exact) mass is 383 g/mol. The summed E-state index contributed by atoms with van der Waals surface area (Å²) in [6.45, 7) is 2.23. The fraction of sp³-hybridized carbons (Fsp3) is 0.458. The van der Waals surface area contributed by atoms with Crippen molar-refractivity contribution in [1.82, 2.24) is 0 Å². The van der Waals surface area contributed by atoms with Crippen LogP contribution in [0.2, 0.25) is 0 Å². The number of benzene rings is 2. The topological polar surface area (TPSA) is 23.8 Å². The molecule has 0 aliphatic heterocycles. The molecule has 2 aliphatic carbocycles. The van der Waals surface area contributed by atoms with E-state index in [0.717, 1.165) is 36.5 Å². The van der Waals surface area contributed by atoms with Crippen molar-refractivity contribution < 1.29 is 13.2 Å². The molecule has 0 radical (unpaired) electrons. The van der Waals surface area contributed by atoms with Crippen molar-refractivity contribution in [3.8, 4) is 17.2 Å². The Morgan fingerprint density at radius 1 is 1.07 bits per heavy atom. The lowest BCUT2D eigenvalue weighted by Gasteiger charge is -2.41. The van der Waals surface area contributed by atoms with E-state index in [0.29, 0.717) is 23.8 Å². The van der Waals surface area contributed by atoms with E-state index in [2.05, 4.69) is 6.92 Å². The van der Waals surface area contributed by atoms with Crippen molar-refractivity contribution in [2.24, 2.45) is 11.8 Å². The summed E-state index contributed by atoms with van der Waals surface area (Å²) in [5.41, 5.74) is 1.51. The first-order valence-corrected chi connectivity index (χ1v) is 10.2. The number of hydrogen-bond acceptors (Lipinski definition) is 1. The molecule has 0 saturated heterocycles. The Balaban J connectivity index is 1.68. The molecule has 4 rings (SSSR count). The maximum Gasteiger partial charge on any atom is 0.144 e. The second-order valence-corrected chi connectivity index (χ2v) is 8.29. The Morgan fingerprint density at radius 3 is 2.50 bits per heavy atom. The van der Waals surface area contributed by atoms with E-state index in [1.807, 2.05) is 6.07 Å². The van der Waals surface area contributed by atoms with Crippen LogP contribution in [0, 0.1) is 40.6 Å². The zero-order valence-electron chi connectivity index (χ0n) is 16.1. The maximum atomic E-state index is 15.3. The normalized spacial score (nSPS) is 23.6. The van der Waals surface area contributed by atoms with Gasteiger partial charge in [0, 0.05) is 5.56 Å².